The summed E-state index contributed by atoms with van der Waals surface area (Å²) < 4.78 is 1.96. The quantitative estimate of drug-likeness (QED) is 0.189. The molecule has 1 atom stereocenters. The van der Waals surface area contributed by atoms with Gasteiger partial charge in [0.25, 0.3) is 0 Å². The van der Waals surface area contributed by atoms with Crippen molar-refractivity contribution in [3.63, 3.8) is 0 Å². The van der Waals surface area contributed by atoms with Crippen molar-refractivity contribution in [2.24, 2.45) is 12.0 Å². The minimum Gasteiger partial charge on any atom is -0.357 e. The van der Waals surface area contributed by atoms with Gasteiger partial charge in [-0.25, -0.2) is 0 Å². The standard InChI is InChI=1S/C20H31N5S.HI/c1-6-21-20(22-12-13-26-18-10-8-7-9-11-18)23-15(2)14-19-16(3)24-25(5)17(19)4;/h7-11,15H,6,12-14H2,1-5H3,(H2,21,22,23);1H. The smallest absolute Gasteiger partial charge is 0.191 e. The summed E-state index contributed by atoms with van der Waals surface area (Å²) in [5.74, 6) is 1.85. The molecule has 0 saturated carbocycles. The topological polar surface area (TPSA) is 54.2 Å². The van der Waals surface area contributed by atoms with Crippen molar-refractivity contribution >= 4 is 41.7 Å². The average molecular weight is 501 g/mol. The van der Waals surface area contributed by atoms with E-state index >= 15 is 0 Å². The van der Waals surface area contributed by atoms with Crippen LogP contribution >= 0.6 is 35.7 Å². The molecular formula is C20H32IN5S. The van der Waals surface area contributed by atoms with Gasteiger partial charge in [-0.05, 0) is 51.8 Å². The number of rotatable bonds is 8. The predicted octanol–water partition coefficient (Wildman–Crippen LogP) is 3.93. The molecule has 7 heteroatoms. The highest BCUT2D eigenvalue weighted by atomic mass is 127. The normalized spacial score (nSPS) is 12.4. The van der Waals surface area contributed by atoms with Crippen LogP contribution < -0.4 is 10.6 Å². The average Bonchev–Trinajstić information content (AvgIpc) is 2.86. The number of guanidine groups is 1. The summed E-state index contributed by atoms with van der Waals surface area (Å²) in [7, 11) is 2.00. The van der Waals surface area contributed by atoms with Crippen LogP contribution in [0.4, 0.5) is 0 Å². The fourth-order valence-corrected chi connectivity index (χ4v) is 3.63. The highest BCUT2D eigenvalue weighted by Crippen LogP contribution is 2.16. The number of nitrogens with one attached hydrogen (secondary N) is 2. The molecule has 1 aromatic heterocycles. The molecule has 2 N–H and O–H groups in total. The molecule has 0 aliphatic carbocycles. The Labute approximate surface area is 184 Å². The van der Waals surface area contributed by atoms with Crippen molar-refractivity contribution in [3.05, 3.63) is 47.3 Å². The zero-order valence-electron chi connectivity index (χ0n) is 17.0. The van der Waals surface area contributed by atoms with Crippen LogP contribution in [-0.4, -0.2) is 40.6 Å². The molecule has 0 amide bonds. The predicted molar refractivity (Wildman–Crippen MR) is 128 cm³/mol. The highest BCUT2D eigenvalue weighted by Gasteiger charge is 2.13. The van der Waals surface area contributed by atoms with E-state index in [9.17, 15) is 0 Å². The van der Waals surface area contributed by atoms with Crippen LogP contribution in [-0.2, 0) is 13.5 Å². The lowest BCUT2D eigenvalue weighted by atomic mass is 10.1. The molecule has 0 spiro atoms. The number of hydrogen-bond donors (Lipinski definition) is 2. The van der Waals surface area contributed by atoms with Crippen LogP contribution in [0.25, 0.3) is 0 Å². The van der Waals surface area contributed by atoms with E-state index in [1.807, 2.05) is 29.6 Å². The summed E-state index contributed by atoms with van der Waals surface area (Å²) in [5.41, 5.74) is 3.67. The van der Waals surface area contributed by atoms with Crippen LogP contribution in [0.3, 0.4) is 0 Å². The molecule has 1 aromatic carbocycles. The van der Waals surface area contributed by atoms with Crippen molar-refractivity contribution in [2.45, 2.75) is 45.1 Å². The Hall–Kier alpha value is -1.22. The Kier molecular flexibility index (Phi) is 10.8. The first-order chi connectivity index (χ1) is 12.5. The third-order valence-corrected chi connectivity index (χ3v) is 5.26. The third kappa shape index (κ3) is 7.73. The van der Waals surface area contributed by atoms with Crippen molar-refractivity contribution in [1.29, 1.82) is 0 Å². The number of thioether (sulfide) groups is 1. The fourth-order valence-electron chi connectivity index (χ4n) is 2.86. The molecule has 0 aliphatic heterocycles. The Morgan fingerprint density at radius 2 is 1.96 bits per heavy atom. The molecule has 0 saturated heterocycles. The molecule has 0 fully saturated rings. The van der Waals surface area contributed by atoms with Gasteiger partial charge in [0, 0.05) is 36.0 Å². The number of nitrogens with zero attached hydrogens (tertiary/aromatic N) is 3. The van der Waals surface area contributed by atoms with Gasteiger partial charge >= 0.3 is 0 Å². The van der Waals surface area contributed by atoms with E-state index in [0.29, 0.717) is 0 Å². The van der Waals surface area contributed by atoms with Crippen molar-refractivity contribution < 1.29 is 0 Å². The molecule has 5 nitrogen and oxygen atoms in total. The Morgan fingerprint density at radius 1 is 1.26 bits per heavy atom. The second-order valence-electron chi connectivity index (χ2n) is 6.44. The first kappa shape index (κ1) is 23.8. The molecule has 150 valence electrons. The summed E-state index contributed by atoms with van der Waals surface area (Å²) in [6.07, 6.45) is 0.939. The maximum Gasteiger partial charge on any atom is 0.191 e. The molecule has 0 aliphatic rings. The number of benzene rings is 1. The van der Waals surface area contributed by atoms with Crippen molar-refractivity contribution in [3.8, 4) is 0 Å². The van der Waals surface area contributed by atoms with Crippen LogP contribution in [0, 0.1) is 13.8 Å². The van der Waals surface area contributed by atoms with Gasteiger partial charge in [0.1, 0.15) is 0 Å². The van der Waals surface area contributed by atoms with Crippen LogP contribution in [0.2, 0.25) is 0 Å². The lowest BCUT2D eigenvalue weighted by molar-refractivity contribution is 0.636. The maximum absolute atomic E-state index is 4.71. The van der Waals surface area contributed by atoms with Gasteiger partial charge in [-0.2, -0.15) is 5.10 Å². The lowest BCUT2D eigenvalue weighted by Gasteiger charge is -2.18. The summed E-state index contributed by atoms with van der Waals surface area (Å²) in [6, 6.07) is 10.7. The Bertz CT molecular complexity index is 715. The van der Waals surface area contributed by atoms with Crippen LogP contribution in [0.15, 0.2) is 40.2 Å². The highest BCUT2D eigenvalue weighted by molar-refractivity contribution is 14.0. The molecule has 1 unspecified atom stereocenters. The summed E-state index contributed by atoms with van der Waals surface area (Å²) in [6.45, 7) is 10.1. The van der Waals surface area contributed by atoms with Crippen molar-refractivity contribution in [1.82, 2.24) is 20.4 Å². The lowest BCUT2D eigenvalue weighted by Crippen LogP contribution is -2.43. The molecule has 1 heterocycles. The molecule has 0 radical (unpaired) electrons. The minimum absolute atomic E-state index is 0. The number of hydrogen-bond acceptors (Lipinski definition) is 3. The first-order valence-corrected chi connectivity index (χ1v) is 10.2. The van der Waals surface area contributed by atoms with Gasteiger partial charge in [-0.1, -0.05) is 18.2 Å². The van der Waals surface area contributed by atoms with E-state index in [0.717, 1.165) is 36.9 Å². The van der Waals surface area contributed by atoms with Gasteiger partial charge in [0.05, 0.1) is 12.2 Å². The van der Waals surface area contributed by atoms with Gasteiger partial charge in [0.15, 0.2) is 5.96 Å². The first-order valence-electron chi connectivity index (χ1n) is 9.23. The van der Waals surface area contributed by atoms with Crippen LogP contribution in [0.5, 0.6) is 0 Å². The van der Waals surface area contributed by atoms with Gasteiger partial charge in [-0.3, -0.25) is 9.67 Å². The summed E-state index contributed by atoms with van der Waals surface area (Å²) >= 11 is 1.84. The molecule has 27 heavy (non-hydrogen) atoms. The molecule has 0 bridgehead atoms. The maximum atomic E-state index is 4.71. The zero-order valence-corrected chi connectivity index (χ0v) is 20.1. The van der Waals surface area contributed by atoms with E-state index in [1.165, 1.54) is 16.2 Å². The number of aromatic nitrogens is 2. The number of halogens is 1. The number of aryl methyl sites for hydroxylation is 2. The second kappa shape index (κ2) is 12.3. The van der Waals surface area contributed by atoms with Crippen LogP contribution in [0.1, 0.15) is 30.8 Å². The Morgan fingerprint density at radius 3 is 2.56 bits per heavy atom. The summed E-state index contributed by atoms with van der Waals surface area (Å²) in [5, 5.41) is 11.4. The van der Waals surface area contributed by atoms with Gasteiger partial charge in [0.2, 0.25) is 0 Å². The SMILES string of the molecule is CCNC(=NCCSc1ccccc1)NC(C)Cc1c(C)nn(C)c1C.I. The fraction of sp³-hybridized carbons (Fsp3) is 0.500. The molecule has 2 rings (SSSR count). The van der Waals surface area contributed by atoms with E-state index in [4.69, 9.17) is 4.99 Å². The number of aliphatic imine (C=N–C) groups is 1. The second-order valence-corrected chi connectivity index (χ2v) is 7.61. The van der Waals surface area contributed by atoms with E-state index in [1.54, 1.807) is 0 Å². The molecular weight excluding hydrogens is 469 g/mol. The van der Waals surface area contributed by atoms with E-state index in [2.05, 4.69) is 67.7 Å². The van der Waals surface area contributed by atoms with Gasteiger partial charge < -0.3 is 10.6 Å². The van der Waals surface area contributed by atoms with E-state index in [-0.39, 0.29) is 30.0 Å². The monoisotopic (exact) mass is 501 g/mol. The van der Waals surface area contributed by atoms with Gasteiger partial charge in [-0.15, -0.1) is 35.7 Å². The molecule has 2 aromatic rings. The zero-order chi connectivity index (χ0) is 18.9. The largest absolute Gasteiger partial charge is 0.357 e. The van der Waals surface area contributed by atoms with Crippen molar-refractivity contribution in [2.75, 3.05) is 18.8 Å². The minimum atomic E-state index is 0. The third-order valence-electron chi connectivity index (χ3n) is 4.27. The Balaban J connectivity index is 0.00000364. The van der Waals surface area contributed by atoms with E-state index < -0.39 is 0 Å². The summed E-state index contributed by atoms with van der Waals surface area (Å²) in [4.78, 5) is 6.00.